The van der Waals surface area contributed by atoms with Crippen LogP contribution >= 0.6 is 11.3 Å². The van der Waals surface area contributed by atoms with E-state index in [-0.39, 0.29) is 5.69 Å². The van der Waals surface area contributed by atoms with Crippen LogP contribution < -0.4 is 10.2 Å². The van der Waals surface area contributed by atoms with Gasteiger partial charge in [0.15, 0.2) is 5.82 Å². The zero-order valence-corrected chi connectivity index (χ0v) is 22.2. The second-order valence-electron chi connectivity index (χ2n) is 10.5. The summed E-state index contributed by atoms with van der Waals surface area (Å²) in [5.74, 6) is 0.813. The van der Waals surface area contributed by atoms with Crippen molar-refractivity contribution in [2.24, 2.45) is 12.5 Å². The molecule has 2 aliphatic rings. The predicted octanol–water partition coefficient (Wildman–Crippen LogP) is 4.94. The lowest BCUT2D eigenvalue weighted by Gasteiger charge is -2.61. The third-order valence-corrected chi connectivity index (χ3v) is 8.73. The molecular weight excluding hydrogens is 475 g/mol. The molecule has 0 aliphatic carbocycles. The Morgan fingerprint density at radius 2 is 1.92 bits per heavy atom. The first-order valence-electron chi connectivity index (χ1n) is 12.5. The zero-order valence-electron chi connectivity index (χ0n) is 21.3. The molecule has 2 aliphatic heterocycles. The summed E-state index contributed by atoms with van der Waals surface area (Å²) in [7, 11) is 1.96. The van der Waals surface area contributed by atoms with Crippen LogP contribution in [0.5, 0.6) is 0 Å². The highest BCUT2D eigenvalue weighted by Gasteiger charge is 2.51. The molecule has 36 heavy (non-hydrogen) atoms. The minimum absolute atomic E-state index is 0.287. The maximum Gasteiger partial charge on any atom is 0.229 e. The Labute approximate surface area is 214 Å². The number of aromatic nitrogens is 5. The summed E-state index contributed by atoms with van der Waals surface area (Å²) >= 11 is 1.54. The molecule has 0 unspecified atom stereocenters. The van der Waals surface area contributed by atoms with E-state index in [0.717, 1.165) is 51.7 Å². The van der Waals surface area contributed by atoms with Gasteiger partial charge in [0.2, 0.25) is 5.95 Å². The number of hydrogen-bond donors (Lipinski definition) is 1. The van der Waals surface area contributed by atoms with Crippen molar-refractivity contribution in [2.45, 2.75) is 33.6 Å². The molecule has 6 rings (SSSR count). The summed E-state index contributed by atoms with van der Waals surface area (Å²) in [6, 6.07) is 3.99. The molecule has 1 N–H and O–H groups in total. The number of nitrogens with one attached hydrogen (secondary N) is 1. The number of nitrogens with zero attached hydrogens (tertiary/aromatic N) is 7. The van der Waals surface area contributed by atoms with E-state index in [0.29, 0.717) is 23.1 Å². The Balaban J connectivity index is 1.20. The maximum absolute atomic E-state index is 14.9. The number of halogens is 1. The minimum Gasteiger partial charge on any atom is -0.369 e. The highest BCUT2D eigenvalue weighted by Crippen LogP contribution is 2.42. The normalized spacial score (nSPS) is 17.1. The van der Waals surface area contributed by atoms with Gasteiger partial charge in [0.1, 0.15) is 17.0 Å². The topological polar surface area (TPSA) is 75.0 Å². The van der Waals surface area contributed by atoms with Gasteiger partial charge >= 0.3 is 0 Å². The lowest BCUT2D eigenvalue weighted by molar-refractivity contribution is -0.0178. The molecule has 0 amide bonds. The fourth-order valence-electron chi connectivity index (χ4n) is 5.63. The van der Waals surface area contributed by atoms with Gasteiger partial charge in [0.25, 0.3) is 0 Å². The molecule has 6 heterocycles. The van der Waals surface area contributed by atoms with Crippen molar-refractivity contribution in [2.75, 3.05) is 42.9 Å². The van der Waals surface area contributed by atoms with E-state index >= 15 is 0 Å². The summed E-state index contributed by atoms with van der Waals surface area (Å²) < 4.78 is 17.9. The van der Waals surface area contributed by atoms with E-state index in [1.807, 2.05) is 30.9 Å². The average molecular weight is 507 g/mol. The Morgan fingerprint density at radius 3 is 2.58 bits per heavy atom. The van der Waals surface area contributed by atoms with Crippen molar-refractivity contribution in [3.63, 3.8) is 0 Å². The van der Waals surface area contributed by atoms with Gasteiger partial charge in [-0.15, -0.1) is 11.3 Å². The molecule has 2 fully saturated rings. The monoisotopic (exact) mass is 506 g/mol. The van der Waals surface area contributed by atoms with Crippen LogP contribution in [0, 0.1) is 18.2 Å². The highest BCUT2D eigenvalue weighted by atomic mass is 32.1. The molecule has 2 saturated heterocycles. The fourth-order valence-corrected chi connectivity index (χ4v) is 7.09. The van der Waals surface area contributed by atoms with Crippen LogP contribution in [0.4, 0.5) is 21.8 Å². The second-order valence-corrected chi connectivity index (χ2v) is 11.5. The van der Waals surface area contributed by atoms with Crippen molar-refractivity contribution in [1.29, 1.82) is 0 Å². The standard InChI is InChI=1S/C26H31FN8S/c1-6-34-11-26(12-34)13-35(14-26)17-7-8-19(28-9-17)30-25-29-10-18(27)21(31-25)23-16(4)20-24(36-23)22(15(2)3)33(5)32-20/h7-10,15H,6,11-14H2,1-5H3,(H,28,29,30,31). The molecule has 0 bridgehead atoms. The van der Waals surface area contributed by atoms with Gasteiger partial charge in [-0.05, 0) is 37.1 Å². The summed E-state index contributed by atoms with van der Waals surface area (Å²) in [6.45, 7) is 14.2. The van der Waals surface area contributed by atoms with Crippen LogP contribution in [0.25, 0.3) is 20.8 Å². The molecule has 4 aromatic rings. The van der Waals surface area contributed by atoms with Crippen molar-refractivity contribution in [1.82, 2.24) is 29.6 Å². The van der Waals surface area contributed by atoms with Gasteiger partial charge in [-0.3, -0.25) is 4.68 Å². The van der Waals surface area contributed by atoms with Gasteiger partial charge in [0, 0.05) is 38.6 Å². The first-order chi connectivity index (χ1) is 17.3. The van der Waals surface area contributed by atoms with Crippen molar-refractivity contribution >= 4 is 39.0 Å². The van der Waals surface area contributed by atoms with E-state index in [4.69, 9.17) is 0 Å². The highest BCUT2D eigenvalue weighted by molar-refractivity contribution is 7.22. The predicted molar refractivity (Wildman–Crippen MR) is 143 cm³/mol. The van der Waals surface area contributed by atoms with Crippen LogP contribution in [0.1, 0.15) is 37.9 Å². The largest absolute Gasteiger partial charge is 0.369 e. The Bertz CT molecular complexity index is 1430. The number of rotatable bonds is 6. The number of anilines is 3. The van der Waals surface area contributed by atoms with E-state index < -0.39 is 5.82 Å². The molecule has 0 aromatic carbocycles. The van der Waals surface area contributed by atoms with Gasteiger partial charge in [-0.1, -0.05) is 20.8 Å². The van der Waals surface area contributed by atoms with Crippen LogP contribution in [0.3, 0.4) is 0 Å². The molecule has 0 saturated carbocycles. The average Bonchev–Trinajstić information content (AvgIpc) is 3.29. The van der Waals surface area contributed by atoms with Crippen molar-refractivity contribution in [3.05, 3.63) is 41.6 Å². The zero-order chi connectivity index (χ0) is 25.2. The van der Waals surface area contributed by atoms with Gasteiger partial charge in [-0.25, -0.2) is 19.3 Å². The second kappa shape index (κ2) is 8.48. The molecule has 0 atom stereocenters. The lowest BCUT2D eigenvalue weighted by atomic mass is 9.72. The third-order valence-electron chi connectivity index (χ3n) is 7.42. The number of pyridine rings is 1. The number of aryl methyl sites for hydroxylation is 2. The number of thiophene rings is 1. The molecule has 188 valence electrons. The summed E-state index contributed by atoms with van der Waals surface area (Å²) in [4.78, 5) is 18.9. The number of likely N-dealkylation sites (tertiary alicyclic amines) is 1. The van der Waals surface area contributed by atoms with Crippen LogP contribution in [0.15, 0.2) is 24.5 Å². The fraction of sp³-hybridized carbons (Fsp3) is 0.462. The number of hydrogen-bond acceptors (Lipinski definition) is 8. The third kappa shape index (κ3) is 3.74. The smallest absolute Gasteiger partial charge is 0.229 e. The van der Waals surface area contributed by atoms with Gasteiger partial charge in [-0.2, -0.15) is 5.10 Å². The minimum atomic E-state index is -0.448. The van der Waals surface area contributed by atoms with Crippen molar-refractivity contribution in [3.8, 4) is 10.6 Å². The first-order valence-corrected chi connectivity index (χ1v) is 13.3. The molecule has 0 radical (unpaired) electrons. The summed E-state index contributed by atoms with van der Waals surface area (Å²) in [5, 5.41) is 7.83. The van der Waals surface area contributed by atoms with Crippen LogP contribution in [0.2, 0.25) is 0 Å². The van der Waals surface area contributed by atoms with E-state index in [1.54, 1.807) is 0 Å². The molecule has 10 heteroatoms. The Hall–Kier alpha value is -3.11. The van der Waals surface area contributed by atoms with Gasteiger partial charge in [0.05, 0.1) is 33.4 Å². The molecular formula is C26H31FN8S. The first kappa shape index (κ1) is 23.3. The molecule has 4 aromatic heterocycles. The van der Waals surface area contributed by atoms with Crippen LogP contribution in [-0.2, 0) is 7.05 Å². The van der Waals surface area contributed by atoms with Crippen molar-refractivity contribution < 1.29 is 4.39 Å². The summed E-state index contributed by atoms with van der Waals surface area (Å²) in [6.07, 6.45) is 3.10. The quantitative estimate of drug-likeness (QED) is 0.397. The molecule has 8 nitrogen and oxygen atoms in total. The summed E-state index contributed by atoms with van der Waals surface area (Å²) in [5.41, 5.74) is 4.87. The Kier molecular flexibility index (Phi) is 5.49. The SMILES string of the molecule is CCN1CC2(C1)CN(c1ccc(Nc3ncc(F)c(-c4sc5c(C(C)C)n(C)nc5c4C)n3)nc1)C2. The lowest BCUT2D eigenvalue weighted by Crippen LogP contribution is -2.72. The van der Waals surface area contributed by atoms with E-state index in [1.165, 1.54) is 30.6 Å². The van der Waals surface area contributed by atoms with E-state index in [9.17, 15) is 4.39 Å². The van der Waals surface area contributed by atoms with Crippen LogP contribution in [-0.4, -0.2) is 62.4 Å². The molecule has 1 spiro atoms. The Morgan fingerprint density at radius 1 is 1.14 bits per heavy atom. The number of fused-ring (bicyclic) bond motifs is 1. The maximum atomic E-state index is 14.9. The van der Waals surface area contributed by atoms with E-state index in [2.05, 4.69) is 62.0 Å². The van der Waals surface area contributed by atoms with Gasteiger partial charge < -0.3 is 15.1 Å².